The molecule has 0 saturated carbocycles. The first-order valence-corrected chi connectivity index (χ1v) is 23.1. The topological polar surface area (TPSA) is 0 Å². The van der Waals surface area contributed by atoms with Crippen LogP contribution in [0.5, 0.6) is 0 Å². The van der Waals surface area contributed by atoms with Gasteiger partial charge in [0.1, 0.15) is 17.1 Å². The Bertz CT molecular complexity index is 1320. The number of nitrogens with zero attached hydrogens (tertiary/aromatic N) is 3. The summed E-state index contributed by atoms with van der Waals surface area (Å²) in [5.74, 6) is 0.205. The lowest BCUT2D eigenvalue weighted by Crippen LogP contribution is -2.49. The first-order valence-electron chi connectivity index (χ1n) is 23.1. The normalized spacial score (nSPS) is 12.6. The molecule has 0 N–H and O–H groups in total. The molecule has 3 nitrogen and oxygen atoms in total. The molecule has 0 bridgehead atoms. The van der Waals surface area contributed by atoms with E-state index in [-0.39, 0.29) is 5.92 Å². The molecule has 0 fully saturated rings. The third-order valence-electron chi connectivity index (χ3n) is 13.9. The van der Waals surface area contributed by atoms with Crippen molar-refractivity contribution in [1.29, 1.82) is 0 Å². The van der Waals surface area contributed by atoms with Crippen LogP contribution in [0.4, 0.5) is 17.1 Å². The summed E-state index contributed by atoms with van der Waals surface area (Å²) in [4.78, 5) is 0. The maximum atomic E-state index is 2.47. The molecule has 3 aromatic carbocycles. The third-order valence-corrected chi connectivity index (χ3v) is 13.9. The maximum Gasteiger partial charge on any atom is 0.132 e. The Morgan fingerprint density at radius 3 is 0.889 bits per heavy atom. The van der Waals surface area contributed by atoms with Gasteiger partial charge in [0.2, 0.25) is 0 Å². The Hall–Kier alpha value is -2.46. The van der Waals surface area contributed by atoms with Crippen molar-refractivity contribution in [3.8, 4) is 0 Å². The lowest BCUT2D eigenvalue weighted by atomic mass is 9.84. The zero-order chi connectivity index (χ0) is 39.3. The average Bonchev–Trinajstić information content (AvgIpc) is 3.22. The Morgan fingerprint density at radius 2 is 0.611 bits per heavy atom. The number of hydrogen-bond donors (Lipinski definition) is 0. The second-order valence-corrected chi connectivity index (χ2v) is 17.1. The van der Waals surface area contributed by atoms with E-state index in [9.17, 15) is 0 Å². The summed E-state index contributed by atoms with van der Waals surface area (Å²) in [6, 6.07) is 29.0. The van der Waals surface area contributed by atoms with Gasteiger partial charge in [-0.2, -0.15) is 0 Å². The lowest BCUT2D eigenvalue weighted by molar-refractivity contribution is 0.291. The predicted octanol–water partition coefficient (Wildman–Crippen LogP) is 14.4. The summed E-state index contributed by atoms with van der Waals surface area (Å²) in [6.45, 7) is 24.2. The molecular formula is C51H86N3+3. The van der Waals surface area contributed by atoms with Crippen molar-refractivity contribution in [3.63, 3.8) is 0 Å². The summed E-state index contributed by atoms with van der Waals surface area (Å²) in [6.07, 6.45) is 22.8. The van der Waals surface area contributed by atoms with E-state index in [4.69, 9.17) is 0 Å². The summed E-state index contributed by atoms with van der Waals surface area (Å²) in [5, 5.41) is 0. The molecule has 0 atom stereocenters. The predicted molar refractivity (Wildman–Crippen MR) is 245 cm³/mol. The monoisotopic (exact) mass is 741 g/mol. The third kappa shape index (κ3) is 13.1. The minimum Gasteiger partial charge on any atom is -0.294 e. The van der Waals surface area contributed by atoms with Crippen molar-refractivity contribution in [2.45, 2.75) is 157 Å². The van der Waals surface area contributed by atoms with E-state index in [1.807, 2.05) is 0 Å². The van der Waals surface area contributed by atoms with Gasteiger partial charge >= 0.3 is 0 Å². The van der Waals surface area contributed by atoms with E-state index in [0.717, 1.165) is 52.7 Å². The summed E-state index contributed by atoms with van der Waals surface area (Å²) in [5.41, 5.74) is 8.41. The van der Waals surface area contributed by atoms with Crippen LogP contribution in [0.25, 0.3) is 0 Å². The number of quaternary nitrogens is 3. The van der Waals surface area contributed by atoms with E-state index in [1.54, 1.807) is 0 Å². The average molecular weight is 741 g/mol. The first-order chi connectivity index (χ1) is 26.2. The van der Waals surface area contributed by atoms with E-state index in [2.05, 4.69) is 135 Å². The molecule has 0 unspecified atom stereocenters. The molecule has 3 aromatic rings. The van der Waals surface area contributed by atoms with Gasteiger partial charge in [-0.25, -0.2) is 0 Å². The Labute approximate surface area is 335 Å². The van der Waals surface area contributed by atoms with Gasteiger partial charge in [-0.05, 0) is 107 Å². The van der Waals surface area contributed by atoms with Crippen LogP contribution in [-0.4, -0.2) is 59.9 Å². The van der Waals surface area contributed by atoms with Crippen molar-refractivity contribution in [2.75, 3.05) is 59.9 Å². The van der Waals surface area contributed by atoms with Gasteiger partial charge in [-0.1, -0.05) is 133 Å². The highest BCUT2D eigenvalue weighted by atomic mass is 15.4. The van der Waals surface area contributed by atoms with Gasteiger partial charge in [-0.3, -0.25) is 13.4 Å². The van der Waals surface area contributed by atoms with Crippen LogP contribution < -0.4 is 13.4 Å². The summed E-state index contributed by atoms with van der Waals surface area (Å²) >= 11 is 0. The lowest BCUT2D eigenvalue weighted by Gasteiger charge is -2.37. The molecule has 302 valence electrons. The van der Waals surface area contributed by atoms with Gasteiger partial charge in [0.25, 0.3) is 0 Å². The zero-order valence-corrected chi connectivity index (χ0v) is 37.1. The smallest absolute Gasteiger partial charge is 0.132 e. The fourth-order valence-electron chi connectivity index (χ4n) is 8.79. The molecule has 0 aliphatic carbocycles. The van der Waals surface area contributed by atoms with Gasteiger partial charge in [0.05, 0.1) is 59.9 Å². The van der Waals surface area contributed by atoms with Crippen molar-refractivity contribution < 1.29 is 0 Å². The van der Waals surface area contributed by atoms with E-state index in [0.29, 0.717) is 0 Å². The van der Waals surface area contributed by atoms with Crippen molar-refractivity contribution in [3.05, 3.63) is 89.5 Å². The highest BCUT2D eigenvalue weighted by molar-refractivity contribution is 5.54. The highest BCUT2D eigenvalue weighted by Gasteiger charge is 2.28. The van der Waals surface area contributed by atoms with Crippen LogP contribution in [0.3, 0.4) is 0 Å². The SMILES string of the molecule is CCCCCCCCCCCCCCCCCC[N+](CC)(CC)c1ccc(C(c2ccc([N+](C)(CC)CC)cc2)c2ccc([N+](C)(CC)CC)cc2)cc1. The quantitative estimate of drug-likeness (QED) is 0.0378. The first kappa shape index (κ1) is 45.9. The van der Waals surface area contributed by atoms with Gasteiger partial charge < -0.3 is 0 Å². The number of unbranched alkanes of at least 4 members (excludes halogenated alkanes) is 15. The fraction of sp³-hybridized carbons (Fsp3) is 0.647. The number of hydrogen-bond acceptors (Lipinski definition) is 0. The second kappa shape index (κ2) is 24.2. The van der Waals surface area contributed by atoms with Crippen LogP contribution in [-0.2, 0) is 0 Å². The molecule has 0 spiro atoms. The molecule has 0 aliphatic heterocycles. The molecule has 0 radical (unpaired) electrons. The van der Waals surface area contributed by atoms with Crippen molar-refractivity contribution in [2.24, 2.45) is 0 Å². The number of benzene rings is 3. The van der Waals surface area contributed by atoms with Gasteiger partial charge in [0.15, 0.2) is 0 Å². The molecule has 0 heterocycles. The van der Waals surface area contributed by atoms with Crippen molar-refractivity contribution >= 4 is 17.1 Å². The highest BCUT2D eigenvalue weighted by Crippen LogP contribution is 2.37. The molecule has 0 amide bonds. The van der Waals surface area contributed by atoms with Gasteiger partial charge in [-0.15, -0.1) is 0 Å². The minimum atomic E-state index is 0.205. The van der Waals surface area contributed by atoms with E-state index in [1.165, 1.54) is 143 Å². The largest absolute Gasteiger partial charge is 0.294 e. The molecular weight excluding hydrogens is 655 g/mol. The van der Waals surface area contributed by atoms with E-state index >= 15 is 0 Å². The second-order valence-electron chi connectivity index (χ2n) is 17.1. The molecule has 3 heteroatoms. The fourth-order valence-corrected chi connectivity index (χ4v) is 8.79. The van der Waals surface area contributed by atoms with Crippen LogP contribution in [0.2, 0.25) is 0 Å². The van der Waals surface area contributed by atoms with Crippen molar-refractivity contribution in [1.82, 2.24) is 13.4 Å². The molecule has 0 aliphatic rings. The molecule has 0 aromatic heterocycles. The van der Waals surface area contributed by atoms with Crippen LogP contribution in [0.1, 0.15) is 174 Å². The zero-order valence-electron chi connectivity index (χ0n) is 37.1. The standard InChI is InChI=1S/C51H86N3/c1-10-17-18-19-20-21-22-23-24-25-26-27-28-29-30-31-44-54(15-6,16-7)50-42-36-47(37-43-50)51(45-32-38-48(39-33-45)52(8,11-2)12-3)46-34-40-49(41-35-46)53(9,13-4)14-5/h32-43,51H,10-31,44H2,1-9H3/q+3. The minimum absolute atomic E-state index is 0.205. The Balaban J connectivity index is 1.64. The molecule has 0 saturated heterocycles. The molecule has 54 heavy (non-hydrogen) atoms. The summed E-state index contributed by atoms with van der Waals surface area (Å²) < 4.78 is 3.01. The Kier molecular flexibility index (Phi) is 20.6. The van der Waals surface area contributed by atoms with Crippen LogP contribution >= 0.6 is 0 Å². The Morgan fingerprint density at radius 1 is 0.333 bits per heavy atom. The van der Waals surface area contributed by atoms with Crippen LogP contribution in [0.15, 0.2) is 72.8 Å². The summed E-state index contributed by atoms with van der Waals surface area (Å²) in [7, 11) is 4.71. The maximum absolute atomic E-state index is 2.47. The van der Waals surface area contributed by atoms with Gasteiger partial charge in [0, 0.05) is 5.92 Å². The van der Waals surface area contributed by atoms with E-state index < -0.39 is 0 Å². The number of rotatable bonds is 29. The molecule has 3 rings (SSSR count). The van der Waals surface area contributed by atoms with Crippen LogP contribution in [0, 0.1) is 0 Å².